The van der Waals surface area contributed by atoms with Gasteiger partial charge in [0.15, 0.2) is 0 Å². The summed E-state index contributed by atoms with van der Waals surface area (Å²) >= 11 is 0. The molecule has 0 aromatic heterocycles. The summed E-state index contributed by atoms with van der Waals surface area (Å²) < 4.78 is 0. The Kier molecular flexibility index (Phi) is 7.69. The van der Waals surface area contributed by atoms with Gasteiger partial charge < -0.3 is 10.8 Å². The summed E-state index contributed by atoms with van der Waals surface area (Å²) in [5.41, 5.74) is 5.95. The first-order valence-electron chi connectivity index (χ1n) is 3.87. The molecule has 0 amide bonds. The van der Waals surface area contributed by atoms with Gasteiger partial charge >= 0.3 is 0 Å². The standard InChI is InChI=1S/C8H17N.CH4O/c1-5-7(9)8(3,4)6-2;1-2/h5,7H,1,6,9H2,2-4H3;2H,1H3. The molecule has 0 aromatic rings. The molecule has 0 spiro atoms. The average molecular weight is 159 g/mol. The van der Waals surface area contributed by atoms with E-state index in [4.69, 9.17) is 10.8 Å². The van der Waals surface area contributed by atoms with Crippen LogP contribution in [0.5, 0.6) is 0 Å². The molecule has 3 N–H and O–H groups in total. The van der Waals surface area contributed by atoms with E-state index in [9.17, 15) is 0 Å². The molecule has 0 aliphatic rings. The summed E-state index contributed by atoms with van der Waals surface area (Å²) in [6.45, 7) is 10.1. The minimum Gasteiger partial charge on any atom is -0.400 e. The van der Waals surface area contributed by atoms with Crippen LogP contribution < -0.4 is 5.73 Å². The summed E-state index contributed by atoms with van der Waals surface area (Å²) in [6, 6.07) is 0.127. The molecule has 2 heteroatoms. The maximum absolute atomic E-state index is 7.00. The summed E-state index contributed by atoms with van der Waals surface area (Å²) in [7, 11) is 1.00. The van der Waals surface area contributed by atoms with Crippen LogP contribution in [0.4, 0.5) is 0 Å². The molecule has 0 aliphatic carbocycles. The fourth-order valence-corrected chi connectivity index (χ4v) is 0.555. The van der Waals surface area contributed by atoms with Crippen molar-refractivity contribution in [1.82, 2.24) is 0 Å². The minimum atomic E-state index is 0.127. The Bertz CT molecular complexity index is 99.7. The lowest BCUT2D eigenvalue weighted by atomic mass is 9.82. The lowest BCUT2D eigenvalue weighted by molar-refractivity contribution is 0.312. The normalized spacial score (nSPS) is 12.9. The monoisotopic (exact) mass is 159 g/mol. The summed E-state index contributed by atoms with van der Waals surface area (Å²) in [5.74, 6) is 0. The summed E-state index contributed by atoms with van der Waals surface area (Å²) in [6.07, 6.45) is 2.91. The van der Waals surface area contributed by atoms with E-state index >= 15 is 0 Å². The zero-order valence-electron chi connectivity index (χ0n) is 8.09. The fraction of sp³-hybridized carbons (Fsp3) is 0.778. The highest BCUT2D eigenvalue weighted by Gasteiger charge is 2.20. The predicted octanol–water partition coefficient (Wildman–Crippen LogP) is 1.54. The van der Waals surface area contributed by atoms with Gasteiger partial charge in [-0.15, -0.1) is 6.58 Å². The molecule has 0 aliphatic heterocycles. The molecule has 11 heavy (non-hydrogen) atoms. The van der Waals surface area contributed by atoms with Gasteiger partial charge in [0.2, 0.25) is 0 Å². The second-order valence-electron chi connectivity index (χ2n) is 3.10. The lowest BCUT2D eigenvalue weighted by Crippen LogP contribution is -2.34. The predicted molar refractivity (Wildman–Crippen MR) is 50.4 cm³/mol. The van der Waals surface area contributed by atoms with Gasteiger partial charge in [-0.25, -0.2) is 0 Å². The number of hydrogen-bond acceptors (Lipinski definition) is 2. The highest BCUT2D eigenvalue weighted by atomic mass is 16.2. The van der Waals surface area contributed by atoms with Crippen LogP contribution in [0.25, 0.3) is 0 Å². The highest BCUT2D eigenvalue weighted by Crippen LogP contribution is 2.23. The molecule has 0 saturated heterocycles. The number of rotatable bonds is 3. The third kappa shape index (κ3) is 4.99. The van der Waals surface area contributed by atoms with Crippen molar-refractivity contribution in [3.8, 4) is 0 Å². The maximum atomic E-state index is 7.00. The second-order valence-corrected chi connectivity index (χ2v) is 3.10. The van der Waals surface area contributed by atoms with Crippen molar-refractivity contribution in [3.63, 3.8) is 0 Å². The van der Waals surface area contributed by atoms with Crippen LogP contribution in [0, 0.1) is 5.41 Å². The quantitative estimate of drug-likeness (QED) is 0.614. The van der Waals surface area contributed by atoms with E-state index in [1.807, 2.05) is 6.08 Å². The number of aliphatic hydroxyl groups excluding tert-OH is 1. The van der Waals surface area contributed by atoms with E-state index in [2.05, 4.69) is 27.4 Å². The Morgan fingerprint density at radius 2 is 1.91 bits per heavy atom. The number of hydrogen-bond donors (Lipinski definition) is 2. The molecular weight excluding hydrogens is 138 g/mol. The Hall–Kier alpha value is -0.340. The SMILES string of the molecule is C=CC(N)C(C)(C)CC.CO. The first-order valence-corrected chi connectivity index (χ1v) is 3.87. The average Bonchev–Trinajstić information content (AvgIpc) is 2.06. The molecule has 68 valence electrons. The summed E-state index contributed by atoms with van der Waals surface area (Å²) in [4.78, 5) is 0. The zero-order chi connectivity index (χ0) is 9.49. The van der Waals surface area contributed by atoms with Crippen LogP contribution in [0.15, 0.2) is 12.7 Å². The molecule has 0 bridgehead atoms. The van der Waals surface area contributed by atoms with E-state index in [0.29, 0.717) is 0 Å². The molecular formula is C9H21NO. The van der Waals surface area contributed by atoms with Gasteiger partial charge in [0.05, 0.1) is 0 Å². The van der Waals surface area contributed by atoms with E-state index in [0.717, 1.165) is 13.5 Å². The Morgan fingerprint density at radius 3 is 2.00 bits per heavy atom. The third-order valence-electron chi connectivity index (χ3n) is 2.07. The van der Waals surface area contributed by atoms with Crippen molar-refractivity contribution in [2.24, 2.45) is 11.1 Å². The molecule has 0 radical (unpaired) electrons. The van der Waals surface area contributed by atoms with Gasteiger partial charge in [-0.05, 0) is 11.8 Å². The molecule has 1 unspecified atom stereocenters. The van der Waals surface area contributed by atoms with Crippen molar-refractivity contribution in [2.45, 2.75) is 33.2 Å². The Morgan fingerprint density at radius 1 is 1.55 bits per heavy atom. The van der Waals surface area contributed by atoms with Crippen LogP contribution in [0.1, 0.15) is 27.2 Å². The van der Waals surface area contributed by atoms with Gasteiger partial charge in [-0.3, -0.25) is 0 Å². The van der Waals surface area contributed by atoms with Gasteiger partial charge in [-0.2, -0.15) is 0 Å². The van der Waals surface area contributed by atoms with Crippen molar-refractivity contribution >= 4 is 0 Å². The van der Waals surface area contributed by atoms with Crippen molar-refractivity contribution in [3.05, 3.63) is 12.7 Å². The van der Waals surface area contributed by atoms with Crippen molar-refractivity contribution in [1.29, 1.82) is 0 Å². The van der Waals surface area contributed by atoms with E-state index in [1.54, 1.807) is 0 Å². The van der Waals surface area contributed by atoms with Crippen LogP contribution in [-0.2, 0) is 0 Å². The van der Waals surface area contributed by atoms with Crippen LogP contribution in [0.2, 0.25) is 0 Å². The first kappa shape index (κ1) is 13.3. The molecule has 0 fully saturated rings. The Balaban J connectivity index is 0. The van der Waals surface area contributed by atoms with Gasteiger partial charge in [-0.1, -0.05) is 26.8 Å². The van der Waals surface area contributed by atoms with E-state index in [1.165, 1.54) is 0 Å². The van der Waals surface area contributed by atoms with Crippen LogP contribution in [-0.4, -0.2) is 18.3 Å². The van der Waals surface area contributed by atoms with E-state index in [-0.39, 0.29) is 11.5 Å². The maximum Gasteiger partial charge on any atom is 0.0319 e. The topological polar surface area (TPSA) is 46.2 Å². The van der Waals surface area contributed by atoms with Gasteiger partial charge in [0.1, 0.15) is 0 Å². The molecule has 1 atom stereocenters. The van der Waals surface area contributed by atoms with Crippen LogP contribution in [0.3, 0.4) is 0 Å². The molecule has 0 heterocycles. The lowest BCUT2D eigenvalue weighted by Gasteiger charge is -2.27. The van der Waals surface area contributed by atoms with Crippen molar-refractivity contribution in [2.75, 3.05) is 7.11 Å². The second kappa shape index (κ2) is 6.38. The number of nitrogens with two attached hydrogens (primary N) is 1. The number of aliphatic hydroxyl groups is 1. The summed E-state index contributed by atoms with van der Waals surface area (Å²) in [5, 5.41) is 7.00. The molecule has 0 saturated carbocycles. The van der Waals surface area contributed by atoms with Gasteiger partial charge in [0, 0.05) is 13.2 Å². The zero-order valence-corrected chi connectivity index (χ0v) is 8.09. The molecule has 0 aromatic carbocycles. The highest BCUT2D eigenvalue weighted by molar-refractivity contribution is 4.92. The molecule has 0 rings (SSSR count). The van der Waals surface area contributed by atoms with Gasteiger partial charge in [0.25, 0.3) is 0 Å². The molecule has 2 nitrogen and oxygen atoms in total. The first-order chi connectivity index (χ1) is 5.04. The fourth-order valence-electron chi connectivity index (χ4n) is 0.555. The third-order valence-corrected chi connectivity index (χ3v) is 2.07. The van der Waals surface area contributed by atoms with Crippen molar-refractivity contribution < 1.29 is 5.11 Å². The minimum absolute atomic E-state index is 0.127. The van der Waals surface area contributed by atoms with E-state index < -0.39 is 0 Å². The largest absolute Gasteiger partial charge is 0.400 e. The van der Waals surface area contributed by atoms with Crippen LogP contribution >= 0.6 is 0 Å². The Labute approximate surface area is 70.1 Å². The smallest absolute Gasteiger partial charge is 0.0319 e.